The van der Waals surface area contributed by atoms with E-state index < -0.39 is 0 Å². The van der Waals surface area contributed by atoms with Crippen molar-refractivity contribution in [1.82, 2.24) is 29.4 Å². The van der Waals surface area contributed by atoms with Crippen molar-refractivity contribution in [1.29, 1.82) is 0 Å². The maximum atomic E-state index is 12.5. The molecule has 3 rings (SSSR count). The molecule has 7 nitrogen and oxygen atoms in total. The van der Waals surface area contributed by atoms with Crippen molar-refractivity contribution in [3.63, 3.8) is 0 Å². The van der Waals surface area contributed by atoms with Crippen LogP contribution in [-0.2, 0) is 20.1 Å². The van der Waals surface area contributed by atoms with E-state index in [1.54, 1.807) is 10.7 Å². The molecule has 2 aromatic rings. The minimum atomic E-state index is 0.0365. The van der Waals surface area contributed by atoms with Gasteiger partial charge in [0.05, 0.1) is 5.69 Å². The normalized spacial score (nSPS) is 16.0. The molecule has 1 fully saturated rings. The molecule has 0 unspecified atom stereocenters. The fourth-order valence-corrected chi connectivity index (χ4v) is 2.97. The highest BCUT2D eigenvalue weighted by Crippen LogP contribution is 2.13. The standard InChI is InChI=1S/C16H24N6O/c1-4-22-6-5-15(18-22)16(23)21-9-7-20(8-10-21)12-14-11-19(3)17-13(14)2/h5-6,11H,4,7-10,12H2,1-3H3. The van der Waals surface area contributed by atoms with Crippen molar-refractivity contribution in [2.24, 2.45) is 7.05 Å². The Morgan fingerprint density at radius 1 is 1.22 bits per heavy atom. The fourth-order valence-electron chi connectivity index (χ4n) is 2.97. The van der Waals surface area contributed by atoms with Crippen LogP contribution in [0.5, 0.6) is 0 Å². The second-order valence-corrected chi connectivity index (χ2v) is 6.04. The van der Waals surface area contributed by atoms with Gasteiger partial charge >= 0.3 is 0 Å². The van der Waals surface area contributed by atoms with Crippen molar-refractivity contribution in [3.05, 3.63) is 35.4 Å². The zero-order valence-electron chi connectivity index (χ0n) is 14.1. The van der Waals surface area contributed by atoms with Gasteiger partial charge in [-0.1, -0.05) is 0 Å². The predicted molar refractivity (Wildman–Crippen MR) is 87.0 cm³/mol. The quantitative estimate of drug-likeness (QED) is 0.841. The molecule has 1 aliphatic heterocycles. The van der Waals surface area contributed by atoms with Crippen LogP contribution >= 0.6 is 0 Å². The molecule has 1 saturated heterocycles. The summed E-state index contributed by atoms with van der Waals surface area (Å²) < 4.78 is 3.64. The Labute approximate surface area is 136 Å². The van der Waals surface area contributed by atoms with Gasteiger partial charge in [0.2, 0.25) is 0 Å². The first-order chi connectivity index (χ1) is 11.1. The Balaban J connectivity index is 1.55. The van der Waals surface area contributed by atoms with E-state index in [-0.39, 0.29) is 5.91 Å². The Hall–Kier alpha value is -2.15. The van der Waals surface area contributed by atoms with Gasteiger partial charge in [0.25, 0.3) is 5.91 Å². The summed E-state index contributed by atoms with van der Waals surface area (Å²) in [6, 6.07) is 1.80. The van der Waals surface area contributed by atoms with Crippen molar-refractivity contribution in [3.8, 4) is 0 Å². The molecular formula is C16H24N6O. The van der Waals surface area contributed by atoms with Crippen LogP contribution < -0.4 is 0 Å². The Morgan fingerprint density at radius 3 is 2.52 bits per heavy atom. The second kappa shape index (κ2) is 6.54. The summed E-state index contributed by atoms with van der Waals surface area (Å²) in [7, 11) is 1.95. The van der Waals surface area contributed by atoms with Gasteiger partial charge in [0.15, 0.2) is 0 Å². The van der Waals surface area contributed by atoms with E-state index in [0.29, 0.717) is 5.69 Å². The molecule has 0 saturated carbocycles. The minimum Gasteiger partial charge on any atom is -0.335 e. The summed E-state index contributed by atoms with van der Waals surface area (Å²) in [5.74, 6) is 0.0365. The summed E-state index contributed by atoms with van der Waals surface area (Å²) in [5.41, 5.74) is 2.88. The first-order valence-electron chi connectivity index (χ1n) is 8.11. The van der Waals surface area contributed by atoms with Crippen molar-refractivity contribution in [2.45, 2.75) is 26.9 Å². The summed E-state index contributed by atoms with van der Waals surface area (Å²) in [6.07, 6.45) is 3.93. The van der Waals surface area contributed by atoms with Crippen LogP contribution in [-0.4, -0.2) is 61.4 Å². The highest BCUT2D eigenvalue weighted by Gasteiger charge is 2.24. The average Bonchev–Trinajstić information content (AvgIpc) is 3.14. The molecule has 3 heterocycles. The highest BCUT2D eigenvalue weighted by atomic mass is 16.2. The lowest BCUT2D eigenvalue weighted by Crippen LogP contribution is -2.48. The van der Waals surface area contributed by atoms with E-state index in [9.17, 15) is 4.79 Å². The summed E-state index contributed by atoms with van der Waals surface area (Å²) in [6.45, 7) is 8.99. The molecule has 7 heteroatoms. The number of aryl methyl sites for hydroxylation is 3. The van der Waals surface area contributed by atoms with E-state index in [4.69, 9.17) is 0 Å². The van der Waals surface area contributed by atoms with Crippen LogP contribution in [0.3, 0.4) is 0 Å². The predicted octanol–water partition coefficient (Wildman–Crippen LogP) is 0.903. The molecule has 1 amide bonds. The topological polar surface area (TPSA) is 59.2 Å². The van der Waals surface area contributed by atoms with Crippen LogP contribution in [0.25, 0.3) is 0 Å². The summed E-state index contributed by atoms with van der Waals surface area (Å²) in [5, 5.41) is 8.69. The number of piperazine rings is 1. The SMILES string of the molecule is CCn1ccc(C(=O)N2CCN(Cc3cn(C)nc3C)CC2)n1. The Kier molecular flexibility index (Phi) is 4.47. The number of hydrogen-bond donors (Lipinski definition) is 0. The fraction of sp³-hybridized carbons (Fsp3) is 0.562. The summed E-state index contributed by atoms with van der Waals surface area (Å²) >= 11 is 0. The van der Waals surface area contributed by atoms with E-state index in [2.05, 4.69) is 21.3 Å². The second-order valence-electron chi connectivity index (χ2n) is 6.04. The molecule has 0 N–H and O–H groups in total. The van der Waals surface area contributed by atoms with Gasteiger partial charge in [-0.15, -0.1) is 0 Å². The molecule has 23 heavy (non-hydrogen) atoms. The van der Waals surface area contributed by atoms with Crippen molar-refractivity contribution in [2.75, 3.05) is 26.2 Å². The lowest BCUT2D eigenvalue weighted by atomic mass is 10.2. The van der Waals surface area contributed by atoms with Gasteiger partial charge in [-0.2, -0.15) is 10.2 Å². The van der Waals surface area contributed by atoms with E-state index in [1.165, 1.54) is 5.56 Å². The van der Waals surface area contributed by atoms with Gasteiger partial charge in [0, 0.05) is 64.3 Å². The van der Waals surface area contributed by atoms with Crippen LogP contribution in [0.2, 0.25) is 0 Å². The number of aromatic nitrogens is 4. The molecule has 0 spiro atoms. The van der Waals surface area contributed by atoms with Crippen LogP contribution in [0.15, 0.2) is 18.5 Å². The van der Waals surface area contributed by atoms with Gasteiger partial charge in [-0.3, -0.25) is 19.1 Å². The van der Waals surface area contributed by atoms with Gasteiger partial charge in [0.1, 0.15) is 5.69 Å². The monoisotopic (exact) mass is 316 g/mol. The van der Waals surface area contributed by atoms with Crippen molar-refractivity contribution < 1.29 is 4.79 Å². The largest absolute Gasteiger partial charge is 0.335 e. The summed E-state index contributed by atoms with van der Waals surface area (Å²) in [4.78, 5) is 16.7. The molecule has 0 bridgehead atoms. The smallest absolute Gasteiger partial charge is 0.274 e. The molecule has 1 aliphatic rings. The molecule has 0 radical (unpaired) electrons. The third-order valence-electron chi connectivity index (χ3n) is 4.35. The number of carbonyl (C=O) groups is 1. The lowest BCUT2D eigenvalue weighted by molar-refractivity contribution is 0.0621. The van der Waals surface area contributed by atoms with Gasteiger partial charge < -0.3 is 4.90 Å². The Bertz CT molecular complexity index is 681. The molecule has 124 valence electrons. The number of nitrogens with zero attached hydrogens (tertiary/aromatic N) is 6. The number of carbonyl (C=O) groups excluding carboxylic acids is 1. The van der Waals surface area contributed by atoms with E-state index in [0.717, 1.165) is 45.0 Å². The van der Waals surface area contributed by atoms with Crippen molar-refractivity contribution >= 4 is 5.91 Å². The maximum absolute atomic E-state index is 12.5. The molecule has 0 aliphatic carbocycles. The maximum Gasteiger partial charge on any atom is 0.274 e. The zero-order chi connectivity index (χ0) is 16.4. The van der Waals surface area contributed by atoms with E-state index in [1.807, 2.05) is 36.7 Å². The number of hydrogen-bond acceptors (Lipinski definition) is 4. The third kappa shape index (κ3) is 3.44. The first-order valence-corrected chi connectivity index (χ1v) is 8.11. The molecular weight excluding hydrogens is 292 g/mol. The van der Waals surface area contributed by atoms with Gasteiger partial charge in [-0.05, 0) is 19.9 Å². The van der Waals surface area contributed by atoms with Crippen LogP contribution in [0.4, 0.5) is 0 Å². The number of amides is 1. The van der Waals surface area contributed by atoms with Gasteiger partial charge in [-0.25, -0.2) is 0 Å². The molecule has 2 aromatic heterocycles. The zero-order valence-corrected chi connectivity index (χ0v) is 14.1. The average molecular weight is 316 g/mol. The molecule has 0 atom stereocenters. The highest BCUT2D eigenvalue weighted by molar-refractivity contribution is 5.92. The van der Waals surface area contributed by atoms with E-state index >= 15 is 0 Å². The van der Waals surface area contributed by atoms with Crippen LogP contribution in [0, 0.1) is 6.92 Å². The first kappa shape index (κ1) is 15.7. The Morgan fingerprint density at radius 2 is 1.96 bits per heavy atom. The number of rotatable bonds is 4. The minimum absolute atomic E-state index is 0.0365. The third-order valence-corrected chi connectivity index (χ3v) is 4.35. The van der Waals surface area contributed by atoms with Crippen LogP contribution in [0.1, 0.15) is 28.7 Å². The lowest BCUT2D eigenvalue weighted by Gasteiger charge is -2.34. The molecule has 0 aromatic carbocycles.